The largest absolute Gasteiger partial charge is 3.00 e. The van der Waals surface area contributed by atoms with Crippen molar-refractivity contribution in [3.05, 3.63) is 35.4 Å². The van der Waals surface area contributed by atoms with Crippen LogP contribution in [0.2, 0.25) is 0 Å². The molecule has 0 bridgehead atoms. The summed E-state index contributed by atoms with van der Waals surface area (Å²) in [6.07, 6.45) is 1.08. The van der Waals surface area contributed by atoms with Gasteiger partial charge < -0.3 is 11.4 Å². The Bertz CT molecular complexity index is 205. The first-order chi connectivity index (χ1) is 4.88. The van der Waals surface area contributed by atoms with Gasteiger partial charge in [-0.2, -0.15) is 0 Å². The summed E-state index contributed by atoms with van der Waals surface area (Å²) in [5, 5.41) is 0. The summed E-state index contributed by atoms with van der Waals surface area (Å²) < 4.78 is 0. The van der Waals surface area contributed by atoms with Gasteiger partial charge in [0.25, 0.3) is 0 Å². The minimum atomic E-state index is 0. The number of hydrogen-bond acceptors (Lipinski definition) is 1. The van der Waals surface area contributed by atoms with Crippen LogP contribution in [0.25, 0.3) is 0 Å². The number of benzene rings is 1. The average molecular weight is 173 g/mol. The molecule has 3 heteroatoms. The van der Waals surface area contributed by atoms with E-state index in [0.717, 1.165) is 6.42 Å². The number of nitrogens with two attached hydrogens (primary N) is 1. The molecule has 0 unspecified atom stereocenters. The fourth-order valence-electron chi connectivity index (χ4n) is 1.10. The van der Waals surface area contributed by atoms with Gasteiger partial charge in [-0.3, -0.25) is 0 Å². The van der Waals surface area contributed by atoms with Crippen LogP contribution in [-0.2, 0) is 13.0 Å². The van der Waals surface area contributed by atoms with Gasteiger partial charge in [-0.25, -0.2) is 0 Å². The van der Waals surface area contributed by atoms with Crippen LogP contribution < -0.4 is 24.6 Å². The van der Waals surface area contributed by atoms with Gasteiger partial charge >= 0.3 is 36.2 Å². The quantitative estimate of drug-likeness (QED) is 0.557. The van der Waals surface area contributed by atoms with Gasteiger partial charge in [0, 0.05) is 6.54 Å². The molecule has 0 saturated heterocycles. The van der Waals surface area contributed by atoms with Gasteiger partial charge in [-0.1, -0.05) is 31.2 Å². The zero-order chi connectivity index (χ0) is 7.40. The van der Waals surface area contributed by atoms with Crippen LogP contribution in [0.4, 0.5) is 0 Å². The summed E-state index contributed by atoms with van der Waals surface area (Å²) in [5.74, 6) is 0. The van der Waals surface area contributed by atoms with Gasteiger partial charge in [0.1, 0.15) is 0 Å². The summed E-state index contributed by atoms with van der Waals surface area (Å²) in [5.41, 5.74) is 8.16. The molecular weight excluding hydrogens is 156 g/mol. The Balaban J connectivity index is -0.0000000417. The van der Waals surface area contributed by atoms with Crippen molar-refractivity contribution in [1.82, 2.24) is 0 Å². The fourth-order valence-corrected chi connectivity index (χ4v) is 1.10. The van der Waals surface area contributed by atoms with Crippen LogP contribution in [-0.4, -0.2) is 17.4 Å². The van der Waals surface area contributed by atoms with Crippen molar-refractivity contribution in [2.75, 3.05) is 0 Å². The molecule has 0 amide bonds. The predicted octanol–water partition coefficient (Wildman–Crippen LogP) is -1.22. The summed E-state index contributed by atoms with van der Waals surface area (Å²) >= 11 is 0. The molecule has 0 aliphatic rings. The molecule has 1 aromatic rings. The molecule has 0 fully saturated rings. The molecule has 62 valence electrons. The fraction of sp³-hybridized carbons (Fsp3) is 0.333. The van der Waals surface area contributed by atoms with E-state index in [1.165, 1.54) is 11.1 Å². The molecule has 0 aromatic heterocycles. The molecule has 0 radical (unpaired) electrons. The van der Waals surface area contributed by atoms with Crippen LogP contribution in [0, 0.1) is 0 Å². The number of rotatable bonds is 2. The molecule has 0 spiro atoms. The Hall–Kier alpha value is 0.310. The van der Waals surface area contributed by atoms with E-state index in [0.29, 0.717) is 6.54 Å². The molecule has 0 aliphatic heterocycles. The SMILES string of the molecule is CCc1ccccc1CN.[Al+3].[H-].[H-].[H-].[H-].[Li+]. The Kier molecular flexibility index (Phi) is 9.79. The Labute approximate surface area is 103 Å². The summed E-state index contributed by atoms with van der Waals surface area (Å²) in [6.45, 7) is 2.80. The van der Waals surface area contributed by atoms with E-state index >= 15 is 0 Å². The van der Waals surface area contributed by atoms with E-state index in [1.807, 2.05) is 6.07 Å². The van der Waals surface area contributed by atoms with Gasteiger partial charge in [-0.05, 0) is 17.5 Å². The Morgan fingerprint density at radius 2 is 1.75 bits per heavy atom. The van der Waals surface area contributed by atoms with E-state index in [-0.39, 0.29) is 41.9 Å². The summed E-state index contributed by atoms with van der Waals surface area (Å²) in [4.78, 5) is 0. The average Bonchev–Trinajstić information content (AvgIpc) is 2.04. The molecule has 1 aromatic carbocycles. The first-order valence-corrected chi connectivity index (χ1v) is 3.65. The zero-order valence-corrected chi connectivity index (χ0v) is 9.03. The second-order valence-electron chi connectivity index (χ2n) is 2.33. The van der Waals surface area contributed by atoms with E-state index in [2.05, 4.69) is 25.1 Å². The Morgan fingerprint density at radius 1 is 1.25 bits per heavy atom. The van der Waals surface area contributed by atoms with Crippen molar-refractivity contribution in [2.24, 2.45) is 5.73 Å². The van der Waals surface area contributed by atoms with Crippen LogP contribution >= 0.6 is 0 Å². The topological polar surface area (TPSA) is 26.0 Å². The zero-order valence-electron chi connectivity index (χ0n) is 11.9. The molecule has 0 heterocycles. The van der Waals surface area contributed by atoms with Crippen LogP contribution in [0.5, 0.6) is 0 Å². The number of hydrogen-bond donors (Lipinski definition) is 1. The third kappa shape index (κ3) is 3.81. The van der Waals surface area contributed by atoms with Gasteiger partial charge in [0.05, 0.1) is 0 Å². The molecule has 0 aliphatic carbocycles. The first-order valence-electron chi connectivity index (χ1n) is 3.65. The second kappa shape index (κ2) is 7.93. The van der Waals surface area contributed by atoms with Gasteiger partial charge in [0.2, 0.25) is 0 Å². The standard InChI is InChI=1S/C9H13N.Al.Li.4H/c1-2-8-5-3-4-6-9(8)7-10;;;;;;/h3-6H,2,7,10H2,1H3;;;;;;/q;+3;+1;4*-1. The maximum absolute atomic E-state index is 5.53. The van der Waals surface area contributed by atoms with Gasteiger partial charge in [0.15, 0.2) is 0 Å². The van der Waals surface area contributed by atoms with E-state index in [4.69, 9.17) is 5.73 Å². The molecule has 1 rings (SSSR count). The third-order valence-corrected chi connectivity index (χ3v) is 1.72. The maximum Gasteiger partial charge on any atom is 3.00 e. The minimum absolute atomic E-state index is 0. The van der Waals surface area contributed by atoms with Crippen LogP contribution in [0.3, 0.4) is 0 Å². The molecule has 2 N–H and O–H groups in total. The molecule has 0 saturated carbocycles. The van der Waals surface area contributed by atoms with Crippen molar-refractivity contribution in [1.29, 1.82) is 0 Å². The summed E-state index contributed by atoms with van der Waals surface area (Å²) in [6, 6.07) is 8.29. The minimum Gasteiger partial charge on any atom is -1.00 e. The second-order valence-corrected chi connectivity index (χ2v) is 2.33. The predicted molar refractivity (Wildman–Crippen MR) is 53.9 cm³/mol. The smallest absolute Gasteiger partial charge is 1.00 e. The first kappa shape index (κ1) is 14.8. The van der Waals surface area contributed by atoms with E-state index < -0.39 is 0 Å². The molecule has 1 nitrogen and oxygen atoms in total. The van der Waals surface area contributed by atoms with Crippen molar-refractivity contribution >= 4 is 17.4 Å². The monoisotopic (exact) mass is 173 g/mol. The molecular formula is C9H17AlLiN. The van der Waals surface area contributed by atoms with E-state index in [9.17, 15) is 0 Å². The maximum atomic E-state index is 5.53. The summed E-state index contributed by atoms with van der Waals surface area (Å²) in [7, 11) is 0. The molecule has 0 atom stereocenters. The Morgan fingerprint density at radius 3 is 2.08 bits per heavy atom. The number of aryl methyl sites for hydroxylation is 1. The van der Waals surface area contributed by atoms with Crippen molar-refractivity contribution < 1.29 is 24.6 Å². The van der Waals surface area contributed by atoms with E-state index in [1.54, 1.807) is 0 Å². The van der Waals surface area contributed by atoms with Crippen molar-refractivity contribution in [2.45, 2.75) is 19.9 Å². The van der Waals surface area contributed by atoms with Crippen LogP contribution in [0.1, 0.15) is 23.8 Å². The van der Waals surface area contributed by atoms with Crippen LogP contribution in [0.15, 0.2) is 24.3 Å². The molecule has 12 heavy (non-hydrogen) atoms. The van der Waals surface area contributed by atoms with Crippen molar-refractivity contribution in [3.8, 4) is 0 Å². The third-order valence-electron chi connectivity index (χ3n) is 1.72. The normalized spacial score (nSPS) is 8.17. The van der Waals surface area contributed by atoms with Gasteiger partial charge in [-0.15, -0.1) is 0 Å². The van der Waals surface area contributed by atoms with Crippen molar-refractivity contribution in [3.63, 3.8) is 0 Å².